The molecular weight excluding hydrogens is 262 g/mol. The van der Waals surface area contributed by atoms with E-state index in [1.165, 1.54) is 17.0 Å². The second-order valence-electron chi connectivity index (χ2n) is 5.65. The molecule has 0 radical (unpaired) electrons. The first kappa shape index (κ1) is 13.5. The Hall–Kier alpha value is -1.49. The van der Waals surface area contributed by atoms with E-state index in [4.69, 9.17) is 0 Å². The number of carbonyl (C=O) groups is 1. The summed E-state index contributed by atoms with van der Waals surface area (Å²) in [5.41, 5.74) is 0.156. The molecule has 1 N–H and O–H groups in total. The zero-order valence-electron chi connectivity index (χ0n) is 11.5. The number of carbonyl (C=O) groups excluding carboxylic acids is 1. The summed E-state index contributed by atoms with van der Waals surface area (Å²) in [7, 11) is 0. The third kappa shape index (κ3) is 2.42. The van der Waals surface area contributed by atoms with Gasteiger partial charge in [0.15, 0.2) is 5.82 Å². The first-order valence-corrected chi connectivity index (χ1v) is 7.10. The number of rotatable bonds is 3. The predicted octanol–water partition coefficient (Wildman–Crippen LogP) is 2.52. The fraction of sp³-hybridized carbons (Fsp3) is 0.533. The molecule has 0 bridgehead atoms. The van der Waals surface area contributed by atoms with E-state index in [1.54, 1.807) is 6.92 Å². The van der Waals surface area contributed by atoms with Gasteiger partial charge in [-0.2, -0.15) is 0 Å². The Bertz CT molecular complexity index is 543. The highest BCUT2D eigenvalue weighted by Crippen LogP contribution is 2.30. The van der Waals surface area contributed by atoms with Crippen molar-refractivity contribution in [1.82, 2.24) is 5.32 Å². The molecule has 0 aromatic heterocycles. The maximum Gasteiger partial charge on any atom is 0.244 e. The van der Waals surface area contributed by atoms with E-state index in [9.17, 15) is 13.6 Å². The van der Waals surface area contributed by atoms with Gasteiger partial charge in [-0.25, -0.2) is 8.78 Å². The summed E-state index contributed by atoms with van der Waals surface area (Å²) in [6, 6.07) is 2.70. The van der Waals surface area contributed by atoms with Crippen LogP contribution in [0.1, 0.15) is 31.2 Å². The van der Waals surface area contributed by atoms with Gasteiger partial charge in [0.25, 0.3) is 0 Å². The van der Waals surface area contributed by atoms with Crippen molar-refractivity contribution in [3.05, 3.63) is 29.3 Å². The predicted molar refractivity (Wildman–Crippen MR) is 72.6 cm³/mol. The molecule has 1 aliphatic carbocycles. The molecule has 1 heterocycles. The van der Waals surface area contributed by atoms with E-state index in [2.05, 4.69) is 5.32 Å². The van der Waals surface area contributed by atoms with Gasteiger partial charge in [0.1, 0.15) is 11.5 Å². The van der Waals surface area contributed by atoms with Crippen molar-refractivity contribution in [1.29, 1.82) is 0 Å². The van der Waals surface area contributed by atoms with E-state index in [1.807, 2.05) is 0 Å². The summed E-state index contributed by atoms with van der Waals surface area (Å²) in [6.45, 7) is 1.95. The van der Waals surface area contributed by atoms with Gasteiger partial charge in [-0.05, 0) is 44.2 Å². The Morgan fingerprint density at radius 1 is 1.25 bits per heavy atom. The van der Waals surface area contributed by atoms with Crippen molar-refractivity contribution >= 4 is 11.6 Å². The summed E-state index contributed by atoms with van der Waals surface area (Å²) in [4.78, 5) is 13.7. The molecule has 20 heavy (non-hydrogen) atoms. The van der Waals surface area contributed by atoms with E-state index in [0.29, 0.717) is 18.2 Å². The molecule has 1 saturated heterocycles. The molecule has 2 fully saturated rings. The average Bonchev–Trinajstić information content (AvgIpc) is 3.23. The molecule has 2 aliphatic rings. The third-order valence-electron chi connectivity index (χ3n) is 3.98. The second kappa shape index (κ2) is 5.13. The van der Waals surface area contributed by atoms with Gasteiger partial charge in [-0.15, -0.1) is 0 Å². The molecule has 0 spiro atoms. The van der Waals surface area contributed by atoms with Crippen molar-refractivity contribution < 1.29 is 13.6 Å². The largest absolute Gasteiger partial charge is 0.306 e. The number of benzene rings is 1. The van der Waals surface area contributed by atoms with Crippen LogP contribution in [0.25, 0.3) is 0 Å². The standard InChI is InChI=1S/C15H18F2N2O/c1-9-4-7-11(16)14(13(9)17)19-8-2-3-12(15(19)20)18-10-5-6-10/h4,7,10,12,18H,2-3,5-6,8H2,1H3. The van der Waals surface area contributed by atoms with Crippen LogP contribution in [-0.4, -0.2) is 24.5 Å². The lowest BCUT2D eigenvalue weighted by Gasteiger charge is -2.33. The zero-order valence-corrected chi connectivity index (χ0v) is 11.5. The maximum absolute atomic E-state index is 14.2. The quantitative estimate of drug-likeness (QED) is 0.922. The number of hydrogen-bond acceptors (Lipinski definition) is 2. The van der Waals surface area contributed by atoms with Crippen LogP contribution in [0.15, 0.2) is 12.1 Å². The maximum atomic E-state index is 14.2. The van der Waals surface area contributed by atoms with E-state index >= 15 is 0 Å². The minimum atomic E-state index is -0.673. The summed E-state index contributed by atoms with van der Waals surface area (Å²) >= 11 is 0. The Labute approximate surface area is 117 Å². The van der Waals surface area contributed by atoms with Crippen molar-refractivity contribution in [3.63, 3.8) is 0 Å². The van der Waals surface area contributed by atoms with Crippen LogP contribution in [0.3, 0.4) is 0 Å². The molecule has 1 amide bonds. The summed E-state index contributed by atoms with van der Waals surface area (Å²) in [6.07, 6.45) is 3.65. The Kier molecular flexibility index (Phi) is 3.46. The minimum absolute atomic E-state index is 0.197. The van der Waals surface area contributed by atoms with Crippen LogP contribution in [-0.2, 0) is 4.79 Å². The number of piperidine rings is 1. The van der Waals surface area contributed by atoms with Gasteiger partial charge in [-0.3, -0.25) is 4.79 Å². The van der Waals surface area contributed by atoms with Crippen LogP contribution in [0, 0.1) is 18.6 Å². The molecule has 3 nitrogen and oxygen atoms in total. The third-order valence-corrected chi connectivity index (χ3v) is 3.98. The number of amides is 1. The monoisotopic (exact) mass is 280 g/mol. The fourth-order valence-corrected chi connectivity index (χ4v) is 2.68. The van der Waals surface area contributed by atoms with Crippen LogP contribution >= 0.6 is 0 Å². The Morgan fingerprint density at radius 3 is 2.70 bits per heavy atom. The molecular formula is C15H18F2N2O. The molecule has 1 unspecified atom stereocenters. The summed E-state index contributed by atoms with van der Waals surface area (Å²) in [5, 5.41) is 3.26. The normalized spacial score (nSPS) is 23.2. The fourth-order valence-electron chi connectivity index (χ4n) is 2.68. The molecule has 1 atom stereocenters. The van der Waals surface area contributed by atoms with Gasteiger partial charge in [0.05, 0.1) is 6.04 Å². The number of anilines is 1. The van der Waals surface area contributed by atoms with Crippen molar-refractivity contribution in [2.24, 2.45) is 0 Å². The lowest BCUT2D eigenvalue weighted by molar-refractivity contribution is -0.121. The van der Waals surface area contributed by atoms with Crippen LogP contribution in [0.5, 0.6) is 0 Å². The van der Waals surface area contributed by atoms with Gasteiger partial charge >= 0.3 is 0 Å². The van der Waals surface area contributed by atoms with E-state index < -0.39 is 11.6 Å². The molecule has 1 aliphatic heterocycles. The number of hydrogen-bond donors (Lipinski definition) is 1. The average molecular weight is 280 g/mol. The Morgan fingerprint density at radius 2 is 2.00 bits per heavy atom. The lowest BCUT2D eigenvalue weighted by atomic mass is 10.0. The summed E-state index contributed by atoms with van der Waals surface area (Å²) in [5.74, 6) is -1.52. The minimum Gasteiger partial charge on any atom is -0.306 e. The highest BCUT2D eigenvalue weighted by atomic mass is 19.1. The molecule has 1 aromatic carbocycles. The number of nitrogens with one attached hydrogen (secondary N) is 1. The van der Waals surface area contributed by atoms with E-state index in [-0.39, 0.29) is 17.6 Å². The van der Waals surface area contributed by atoms with Gasteiger partial charge in [0.2, 0.25) is 5.91 Å². The number of nitrogens with zero attached hydrogens (tertiary/aromatic N) is 1. The van der Waals surface area contributed by atoms with E-state index in [0.717, 1.165) is 25.7 Å². The van der Waals surface area contributed by atoms with Crippen LogP contribution in [0.2, 0.25) is 0 Å². The first-order valence-electron chi connectivity index (χ1n) is 7.10. The zero-order chi connectivity index (χ0) is 14.3. The van der Waals surface area contributed by atoms with Gasteiger partial charge in [0, 0.05) is 12.6 Å². The Balaban J connectivity index is 1.88. The molecule has 1 aromatic rings. The molecule has 108 valence electrons. The van der Waals surface area contributed by atoms with Gasteiger partial charge in [-0.1, -0.05) is 6.07 Å². The molecule has 5 heteroatoms. The molecule has 1 saturated carbocycles. The highest BCUT2D eigenvalue weighted by molar-refractivity contribution is 5.98. The molecule has 3 rings (SSSR count). The smallest absolute Gasteiger partial charge is 0.244 e. The van der Waals surface area contributed by atoms with Crippen molar-refractivity contribution in [3.8, 4) is 0 Å². The van der Waals surface area contributed by atoms with Crippen LogP contribution in [0.4, 0.5) is 14.5 Å². The first-order chi connectivity index (χ1) is 9.58. The highest BCUT2D eigenvalue weighted by Gasteiger charge is 2.36. The second-order valence-corrected chi connectivity index (χ2v) is 5.65. The summed E-state index contributed by atoms with van der Waals surface area (Å²) < 4.78 is 28.1. The van der Waals surface area contributed by atoms with Crippen molar-refractivity contribution in [2.45, 2.75) is 44.7 Å². The van der Waals surface area contributed by atoms with Gasteiger partial charge < -0.3 is 10.2 Å². The number of halogens is 2. The topological polar surface area (TPSA) is 32.3 Å². The van der Waals surface area contributed by atoms with Crippen molar-refractivity contribution in [2.75, 3.05) is 11.4 Å². The SMILES string of the molecule is Cc1ccc(F)c(N2CCCC(NC3CC3)C2=O)c1F. The van der Waals surface area contributed by atoms with Crippen LogP contribution < -0.4 is 10.2 Å². The number of aryl methyl sites for hydroxylation is 1. The lowest BCUT2D eigenvalue weighted by Crippen LogP contribution is -2.52.